The second-order valence-corrected chi connectivity index (χ2v) is 8.78. The van der Waals surface area contributed by atoms with E-state index in [1.807, 2.05) is 51.1 Å². The van der Waals surface area contributed by atoms with Crippen molar-refractivity contribution in [3.8, 4) is 0 Å². The number of alkyl carbamates (subject to hydrolysis) is 1. The van der Waals surface area contributed by atoms with Crippen molar-refractivity contribution < 1.29 is 19.1 Å². The molecular weight excluding hydrogens is 358 g/mol. The van der Waals surface area contributed by atoms with Crippen LogP contribution in [0.4, 0.5) is 9.59 Å². The van der Waals surface area contributed by atoms with Crippen LogP contribution in [-0.4, -0.2) is 55.4 Å². The molecule has 2 aliphatic rings. The average Bonchev–Trinajstić information content (AvgIpc) is 3.25. The molecule has 2 heterocycles. The maximum Gasteiger partial charge on any atom is 0.410 e. The van der Waals surface area contributed by atoms with E-state index in [0.29, 0.717) is 19.6 Å². The number of likely N-dealkylation sites (tertiary alicyclic amines) is 1. The first-order valence-electron chi connectivity index (χ1n) is 9.91. The van der Waals surface area contributed by atoms with Crippen molar-refractivity contribution in [2.45, 2.75) is 39.4 Å². The van der Waals surface area contributed by atoms with Crippen molar-refractivity contribution in [2.75, 3.05) is 32.7 Å². The average molecular weight is 389 g/mol. The molecule has 7 heteroatoms. The van der Waals surface area contributed by atoms with Crippen molar-refractivity contribution in [3.63, 3.8) is 0 Å². The van der Waals surface area contributed by atoms with Gasteiger partial charge in [-0.2, -0.15) is 0 Å². The monoisotopic (exact) mass is 389 g/mol. The molecule has 1 spiro atoms. The molecule has 0 bridgehead atoms. The third-order valence-electron chi connectivity index (χ3n) is 5.48. The van der Waals surface area contributed by atoms with E-state index in [1.54, 1.807) is 4.90 Å². The van der Waals surface area contributed by atoms with Gasteiger partial charge in [0.2, 0.25) is 0 Å². The van der Waals surface area contributed by atoms with E-state index in [4.69, 9.17) is 9.47 Å². The van der Waals surface area contributed by atoms with Crippen LogP contribution in [0.3, 0.4) is 0 Å². The summed E-state index contributed by atoms with van der Waals surface area (Å²) in [7, 11) is 0. The quantitative estimate of drug-likeness (QED) is 0.828. The molecule has 0 aliphatic carbocycles. The molecule has 28 heavy (non-hydrogen) atoms. The largest absolute Gasteiger partial charge is 0.445 e. The van der Waals surface area contributed by atoms with Gasteiger partial charge in [0.25, 0.3) is 0 Å². The van der Waals surface area contributed by atoms with Crippen LogP contribution in [-0.2, 0) is 16.1 Å². The number of amides is 2. The summed E-state index contributed by atoms with van der Waals surface area (Å²) in [6.07, 6.45) is 0.239. The van der Waals surface area contributed by atoms with Gasteiger partial charge in [0, 0.05) is 38.1 Å². The molecule has 3 rings (SSSR count). The van der Waals surface area contributed by atoms with E-state index in [2.05, 4.69) is 10.6 Å². The number of carbonyl (C=O) groups excluding carboxylic acids is 2. The molecule has 154 valence electrons. The van der Waals surface area contributed by atoms with Gasteiger partial charge in [0.15, 0.2) is 0 Å². The minimum absolute atomic E-state index is 0.0242. The van der Waals surface area contributed by atoms with Gasteiger partial charge in [-0.25, -0.2) is 9.59 Å². The van der Waals surface area contributed by atoms with Crippen molar-refractivity contribution in [3.05, 3.63) is 35.9 Å². The second kappa shape index (κ2) is 8.39. The summed E-state index contributed by atoms with van der Waals surface area (Å²) >= 11 is 0. The molecule has 1 aromatic carbocycles. The SMILES string of the molecule is CC(C)(C)OC(=O)N1CCC2(CNCC2CNC(=O)OCc2ccccc2)C1. The van der Waals surface area contributed by atoms with Gasteiger partial charge in [-0.05, 0) is 38.7 Å². The standard InChI is InChI=1S/C21H31N3O4/c1-20(2,3)28-19(26)24-10-9-21(15-24)14-22-11-17(21)12-23-18(25)27-13-16-7-5-4-6-8-16/h4-8,17,22H,9-15H2,1-3H3,(H,23,25). The Labute approximate surface area is 166 Å². The Morgan fingerprint density at radius 1 is 1.29 bits per heavy atom. The molecule has 2 aliphatic heterocycles. The number of benzene rings is 1. The number of hydrogen-bond acceptors (Lipinski definition) is 5. The topological polar surface area (TPSA) is 79.9 Å². The van der Waals surface area contributed by atoms with Crippen molar-refractivity contribution in [1.29, 1.82) is 0 Å². The van der Waals surface area contributed by atoms with Crippen LogP contribution in [0.15, 0.2) is 30.3 Å². The number of rotatable bonds is 4. The van der Waals surface area contributed by atoms with Crippen LogP contribution < -0.4 is 10.6 Å². The van der Waals surface area contributed by atoms with E-state index >= 15 is 0 Å². The molecular formula is C21H31N3O4. The minimum atomic E-state index is -0.496. The molecule has 2 saturated heterocycles. The van der Waals surface area contributed by atoms with E-state index in [1.165, 1.54) is 0 Å². The molecule has 2 unspecified atom stereocenters. The molecule has 1 aromatic rings. The van der Waals surface area contributed by atoms with E-state index in [-0.39, 0.29) is 24.0 Å². The summed E-state index contributed by atoms with van der Waals surface area (Å²) in [5, 5.41) is 6.32. The van der Waals surface area contributed by atoms with Gasteiger partial charge >= 0.3 is 12.2 Å². The summed E-state index contributed by atoms with van der Waals surface area (Å²) in [4.78, 5) is 26.2. The van der Waals surface area contributed by atoms with Crippen molar-refractivity contribution in [1.82, 2.24) is 15.5 Å². The summed E-state index contributed by atoms with van der Waals surface area (Å²) < 4.78 is 10.8. The molecule has 7 nitrogen and oxygen atoms in total. The lowest BCUT2D eigenvalue weighted by Gasteiger charge is -2.31. The summed E-state index contributed by atoms with van der Waals surface area (Å²) in [6, 6.07) is 9.61. The summed E-state index contributed by atoms with van der Waals surface area (Å²) in [6.45, 7) is 9.42. The van der Waals surface area contributed by atoms with Crippen LogP contribution in [0, 0.1) is 11.3 Å². The first kappa shape index (κ1) is 20.5. The fraction of sp³-hybridized carbons (Fsp3) is 0.619. The Morgan fingerprint density at radius 2 is 2.04 bits per heavy atom. The Morgan fingerprint density at radius 3 is 2.75 bits per heavy atom. The predicted octanol–water partition coefficient (Wildman–Crippen LogP) is 2.76. The molecule has 2 atom stereocenters. The lowest BCUT2D eigenvalue weighted by atomic mass is 9.77. The van der Waals surface area contributed by atoms with Crippen LogP contribution in [0.25, 0.3) is 0 Å². The number of nitrogens with one attached hydrogen (secondary N) is 2. The number of hydrogen-bond donors (Lipinski definition) is 2. The molecule has 0 radical (unpaired) electrons. The van der Waals surface area contributed by atoms with E-state index in [9.17, 15) is 9.59 Å². The van der Waals surface area contributed by atoms with E-state index in [0.717, 1.165) is 25.1 Å². The van der Waals surface area contributed by atoms with Gasteiger partial charge in [0.1, 0.15) is 12.2 Å². The van der Waals surface area contributed by atoms with Gasteiger partial charge in [-0.15, -0.1) is 0 Å². The zero-order valence-electron chi connectivity index (χ0n) is 17.0. The number of carbonyl (C=O) groups is 2. The lowest BCUT2D eigenvalue weighted by Crippen LogP contribution is -2.42. The van der Waals surface area contributed by atoms with Crippen molar-refractivity contribution >= 4 is 12.2 Å². The van der Waals surface area contributed by atoms with Crippen LogP contribution in [0.5, 0.6) is 0 Å². The normalized spacial score (nSPS) is 24.4. The fourth-order valence-electron chi connectivity index (χ4n) is 3.98. The molecule has 2 N–H and O–H groups in total. The van der Waals surface area contributed by atoms with Crippen LogP contribution >= 0.6 is 0 Å². The zero-order chi connectivity index (χ0) is 20.2. The van der Waals surface area contributed by atoms with Crippen LogP contribution in [0.2, 0.25) is 0 Å². The first-order valence-corrected chi connectivity index (χ1v) is 9.91. The molecule has 2 fully saturated rings. The minimum Gasteiger partial charge on any atom is -0.445 e. The van der Waals surface area contributed by atoms with Gasteiger partial charge < -0.3 is 25.0 Å². The Balaban J connectivity index is 1.48. The van der Waals surface area contributed by atoms with Gasteiger partial charge in [-0.3, -0.25) is 0 Å². The third kappa shape index (κ3) is 5.16. The Bertz CT molecular complexity index is 689. The zero-order valence-corrected chi connectivity index (χ0v) is 17.0. The third-order valence-corrected chi connectivity index (χ3v) is 5.48. The Hall–Kier alpha value is -2.28. The smallest absolute Gasteiger partial charge is 0.410 e. The maximum atomic E-state index is 12.4. The first-order chi connectivity index (χ1) is 13.3. The number of nitrogens with zero attached hydrogens (tertiary/aromatic N) is 1. The highest BCUT2D eigenvalue weighted by Crippen LogP contribution is 2.40. The number of ether oxygens (including phenoxy) is 2. The van der Waals surface area contributed by atoms with E-state index < -0.39 is 11.7 Å². The second-order valence-electron chi connectivity index (χ2n) is 8.78. The summed E-state index contributed by atoms with van der Waals surface area (Å²) in [5.74, 6) is 0.254. The fourth-order valence-corrected chi connectivity index (χ4v) is 3.98. The lowest BCUT2D eigenvalue weighted by molar-refractivity contribution is 0.0266. The highest BCUT2D eigenvalue weighted by molar-refractivity contribution is 5.69. The van der Waals surface area contributed by atoms with Gasteiger partial charge in [0.05, 0.1) is 0 Å². The molecule has 2 amide bonds. The maximum absolute atomic E-state index is 12.4. The molecule has 0 aromatic heterocycles. The van der Waals surface area contributed by atoms with Gasteiger partial charge in [-0.1, -0.05) is 30.3 Å². The highest BCUT2D eigenvalue weighted by atomic mass is 16.6. The van der Waals surface area contributed by atoms with Crippen LogP contribution in [0.1, 0.15) is 32.8 Å². The predicted molar refractivity (Wildman–Crippen MR) is 106 cm³/mol. The summed E-state index contributed by atoms with van der Waals surface area (Å²) in [5.41, 5.74) is 0.439. The Kier molecular flexibility index (Phi) is 6.13. The van der Waals surface area contributed by atoms with Crippen molar-refractivity contribution in [2.24, 2.45) is 11.3 Å². The highest BCUT2D eigenvalue weighted by Gasteiger charge is 2.49. The molecule has 0 saturated carbocycles.